The number of nitro benzene ring substituents is 1. The average molecular weight is 330 g/mol. The Morgan fingerprint density at radius 2 is 2.21 bits per heavy atom. The fraction of sp³-hybridized carbons (Fsp3) is 0.571. The van der Waals surface area contributed by atoms with Gasteiger partial charge in [0, 0.05) is 10.9 Å². The van der Waals surface area contributed by atoms with Gasteiger partial charge in [0.25, 0.3) is 0 Å². The maximum Gasteiger partial charge on any atom is 0.305 e. The first-order chi connectivity index (χ1) is 8.99. The number of rotatable bonds is 3. The largest absolute Gasteiger partial charge is 0.305 e. The molecule has 0 aromatic heterocycles. The quantitative estimate of drug-likeness (QED) is 0.466. The Kier molecular flexibility index (Phi) is 4.55. The van der Waals surface area contributed by atoms with E-state index < -0.39 is 16.4 Å². The van der Waals surface area contributed by atoms with Crippen molar-refractivity contribution in [3.8, 4) is 0 Å². The van der Waals surface area contributed by atoms with E-state index in [1.54, 1.807) is 12.1 Å². The van der Waals surface area contributed by atoms with Gasteiger partial charge in [-0.3, -0.25) is 10.1 Å². The fourth-order valence-electron chi connectivity index (χ4n) is 2.82. The molecule has 1 fully saturated rings. The van der Waals surface area contributed by atoms with Crippen molar-refractivity contribution < 1.29 is 9.31 Å². The van der Waals surface area contributed by atoms with Crippen molar-refractivity contribution in [3.05, 3.63) is 39.7 Å². The molecule has 1 aliphatic rings. The van der Waals surface area contributed by atoms with Gasteiger partial charge >= 0.3 is 5.69 Å². The van der Waals surface area contributed by atoms with E-state index in [9.17, 15) is 14.5 Å². The summed E-state index contributed by atoms with van der Waals surface area (Å²) in [5.41, 5.74) is 0.0326. The lowest BCUT2D eigenvalue weighted by Crippen LogP contribution is -2.26. The third-order valence-corrected chi connectivity index (χ3v) is 5.09. The highest BCUT2D eigenvalue weighted by molar-refractivity contribution is 9.09. The molecule has 104 valence electrons. The maximum atomic E-state index is 14.0. The molecule has 0 amide bonds. The number of hydrogen-bond donors (Lipinski definition) is 0. The summed E-state index contributed by atoms with van der Waals surface area (Å²) in [6.45, 7) is 2.20. The molecule has 0 aliphatic heterocycles. The number of hydrogen-bond acceptors (Lipinski definition) is 2. The summed E-state index contributed by atoms with van der Waals surface area (Å²) in [6.07, 6.45) is 3.87. The van der Waals surface area contributed by atoms with Crippen LogP contribution in [0.4, 0.5) is 10.1 Å². The van der Waals surface area contributed by atoms with Gasteiger partial charge in [0.15, 0.2) is 0 Å². The van der Waals surface area contributed by atoms with Gasteiger partial charge in [-0.1, -0.05) is 35.0 Å². The van der Waals surface area contributed by atoms with Gasteiger partial charge in [-0.05, 0) is 43.1 Å². The summed E-state index contributed by atoms with van der Waals surface area (Å²) < 4.78 is 14.0. The van der Waals surface area contributed by atoms with Crippen LogP contribution in [0.15, 0.2) is 18.2 Å². The Hall–Kier alpha value is -0.970. The van der Waals surface area contributed by atoms with Crippen molar-refractivity contribution in [3.63, 3.8) is 0 Å². The smallest absolute Gasteiger partial charge is 0.258 e. The highest BCUT2D eigenvalue weighted by atomic mass is 79.9. The molecule has 2 rings (SSSR count). The summed E-state index contributed by atoms with van der Waals surface area (Å²) in [4.78, 5) is 10.5. The van der Waals surface area contributed by atoms with E-state index >= 15 is 0 Å². The Labute approximate surface area is 120 Å². The minimum absolute atomic E-state index is 0.347. The van der Waals surface area contributed by atoms with Crippen LogP contribution < -0.4 is 0 Å². The molecule has 0 radical (unpaired) electrons. The van der Waals surface area contributed by atoms with Crippen LogP contribution in [0.5, 0.6) is 0 Å². The molecular formula is C14H17BrFNO2. The molecule has 1 saturated carbocycles. The number of halogens is 2. The van der Waals surface area contributed by atoms with E-state index in [1.807, 2.05) is 0 Å². The maximum absolute atomic E-state index is 14.0. The molecule has 0 saturated heterocycles. The van der Waals surface area contributed by atoms with Gasteiger partial charge in [0.1, 0.15) is 0 Å². The molecule has 19 heavy (non-hydrogen) atoms. The van der Waals surface area contributed by atoms with Crippen LogP contribution in [0, 0.1) is 27.8 Å². The third-order valence-electron chi connectivity index (χ3n) is 3.89. The van der Waals surface area contributed by atoms with Gasteiger partial charge in [-0.2, -0.15) is 4.39 Å². The zero-order chi connectivity index (χ0) is 14.0. The van der Waals surface area contributed by atoms with Crippen LogP contribution in [0.25, 0.3) is 0 Å². The standard InChI is InChI=1S/C14H17BrFNO2/c1-9-5-6-12(15)11(7-9)8-10-3-2-4-13(14(10)16)17(18)19/h2-4,9,11-12H,5-8H2,1H3. The molecule has 0 spiro atoms. The number of nitrogens with zero attached hydrogens (tertiary/aromatic N) is 1. The molecule has 3 atom stereocenters. The lowest BCUT2D eigenvalue weighted by atomic mass is 9.79. The zero-order valence-electron chi connectivity index (χ0n) is 10.8. The van der Waals surface area contributed by atoms with Crippen LogP contribution in [-0.4, -0.2) is 9.75 Å². The molecule has 0 N–H and O–H groups in total. The van der Waals surface area contributed by atoms with Crippen molar-refractivity contribution in [2.45, 2.75) is 37.4 Å². The molecule has 3 unspecified atom stereocenters. The molecule has 0 bridgehead atoms. The van der Waals surface area contributed by atoms with Crippen LogP contribution in [0.1, 0.15) is 31.7 Å². The Bertz CT molecular complexity index is 481. The van der Waals surface area contributed by atoms with Gasteiger partial charge in [-0.25, -0.2) is 0 Å². The monoisotopic (exact) mass is 329 g/mol. The van der Waals surface area contributed by atoms with Gasteiger partial charge in [-0.15, -0.1) is 0 Å². The number of nitro groups is 1. The van der Waals surface area contributed by atoms with Crippen molar-refractivity contribution in [2.24, 2.45) is 11.8 Å². The Balaban J connectivity index is 2.19. The first-order valence-corrected chi connectivity index (χ1v) is 7.46. The van der Waals surface area contributed by atoms with Crippen molar-refractivity contribution in [1.29, 1.82) is 0 Å². The van der Waals surface area contributed by atoms with Crippen molar-refractivity contribution in [2.75, 3.05) is 0 Å². The normalized spacial score (nSPS) is 27.2. The predicted octanol–water partition coefficient (Wildman–Crippen LogP) is 4.48. The van der Waals surface area contributed by atoms with Gasteiger partial charge in [0.05, 0.1) is 4.92 Å². The number of benzene rings is 1. The minimum Gasteiger partial charge on any atom is -0.258 e. The van der Waals surface area contributed by atoms with E-state index in [0.29, 0.717) is 28.6 Å². The fourth-order valence-corrected chi connectivity index (χ4v) is 3.49. The Morgan fingerprint density at radius 3 is 2.89 bits per heavy atom. The average Bonchev–Trinajstić information content (AvgIpc) is 2.36. The zero-order valence-corrected chi connectivity index (χ0v) is 12.4. The van der Waals surface area contributed by atoms with Gasteiger partial charge in [0.2, 0.25) is 5.82 Å². The second-order valence-electron chi connectivity index (χ2n) is 5.41. The van der Waals surface area contributed by atoms with E-state index in [4.69, 9.17) is 0 Å². The summed E-state index contributed by atoms with van der Waals surface area (Å²) >= 11 is 3.66. The molecule has 0 heterocycles. The van der Waals surface area contributed by atoms with Gasteiger partial charge < -0.3 is 0 Å². The topological polar surface area (TPSA) is 43.1 Å². The van der Waals surface area contributed by atoms with Crippen LogP contribution in [0.2, 0.25) is 0 Å². The van der Waals surface area contributed by atoms with E-state index in [0.717, 1.165) is 12.8 Å². The summed E-state index contributed by atoms with van der Waals surface area (Å²) in [7, 11) is 0. The molecule has 1 aromatic rings. The van der Waals surface area contributed by atoms with E-state index in [-0.39, 0.29) is 0 Å². The second kappa shape index (κ2) is 5.99. The highest BCUT2D eigenvalue weighted by Gasteiger charge is 2.28. The first-order valence-electron chi connectivity index (χ1n) is 6.55. The SMILES string of the molecule is CC1CCC(Br)C(Cc2cccc([N+](=O)[O-])c2F)C1. The van der Waals surface area contributed by atoms with E-state index in [2.05, 4.69) is 22.9 Å². The molecule has 1 aliphatic carbocycles. The lowest BCUT2D eigenvalue weighted by molar-refractivity contribution is -0.387. The van der Waals surface area contributed by atoms with Crippen LogP contribution in [-0.2, 0) is 6.42 Å². The highest BCUT2D eigenvalue weighted by Crippen LogP contribution is 2.36. The van der Waals surface area contributed by atoms with E-state index in [1.165, 1.54) is 12.5 Å². The number of alkyl halides is 1. The van der Waals surface area contributed by atoms with Crippen LogP contribution in [0.3, 0.4) is 0 Å². The minimum atomic E-state index is -0.676. The predicted molar refractivity (Wildman–Crippen MR) is 76.0 cm³/mol. The first kappa shape index (κ1) is 14.4. The molecule has 5 heteroatoms. The third kappa shape index (κ3) is 3.32. The summed E-state index contributed by atoms with van der Waals surface area (Å²) in [5, 5.41) is 10.7. The summed E-state index contributed by atoms with van der Waals surface area (Å²) in [5.74, 6) is 0.311. The Morgan fingerprint density at radius 1 is 1.47 bits per heavy atom. The molecule has 3 nitrogen and oxygen atoms in total. The van der Waals surface area contributed by atoms with Crippen LogP contribution >= 0.6 is 15.9 Å². The molecular weight excluding hydrogens is 313 g/mol. The molecule has 1 aromatic carbocycles. The second-order valence-corrected chi connectivity index (χ2v) is 6.58. The van der Waals surface area contributed by atoms with Crippen molar-refractivity contribution in [1.82, 2.24) is 0 Å². The lowest BCUT2D eigenvalue weighted by Gasteiger charge is -2.31. The van der Waals surface area contributed by atoms with Crippen molar-refractivity contribution >= 4 is 21.6 Å². The summed E-state index contributed by atoms with van der Waals surface area (Å²) in [6, 6.07) is 4.43.